The predicted molar refractivity (Wildman–Crippen MR) is 55.2 cm³/mol. The quantitative estimate of drug-likeness (QED) is 0.738. The molecule has 76 valence electrons. The van der Waals surface area contributed by atoms with Crippen LogP contribution in [0.5, 0.6) is 0 Å². The Labute approximate surface area is 83.6 Å². The highest BCUT2D eigenvalue weighted by molar-refractivity contribution is 5.70. The Morgan fingerprint density at radius 3 is 2.29 bits per heavy atom. The van der Waals surface area contributed by atoms with Crippen LogP contribution in [0.4, 0.5) is 0 Å². The van der Waals surface area contributed by atoms with Crippen molar-refractivity contribution in [1.29, 1.82) is 0 Å². The summed E-state index contributed by atoms with van der Waals surface area (Å²) < 4.78 is 0. The first-order valence-electron chi connectivity index (χ1n) is 4.72. The highest BCUT2D eigenvalue weighted by Gasteiger charge is 1.99. The predicted octanol–water partition coefficient (Wildman–Crippen LogP) is 1.21. The molecule has 0 saturated heterocycles. The van der Waals surface area contributed by atoms with E-state index in [9.17, 15) is 4.79 Å². The second kappa shape index (κ2) is 5.40. The first kappa shape index (κ1) is 10.7. The minimum Gasteiger partial charge on any atom is -0.481 e. The Kier molecular flexibility index (Phi) is 4.13. The Hall–Kier alpha value is -1.35. The number of hydrogen-bond donors (Lipinski definition) is 2. The van der Waals surface area contributed by atoms with Gasteiger partial charge in [0, 0.05) is 0 Å². The van der Waals surface area contributed by atoms with E-state index in [1.54, 1.807) is 0 Å². The summed E-state index contributed by atoms with van der Waals surface area (Å²) in [5.74, 6) is -0.792. The van der Waals surface area contributed by atoms with Gasteiger partial charge in [0.05, 0.1) is 6.42 Å². The maximum Gasteiger partial charge on any atom is 0.307 e. The molecule has 0 bridgehead atoms. The lowest BCUT2D eigenvalue weighted by Crippen LogP contribution is -2.01. The smallest absolute Gasteiger partial charge is 0.307 e. The lowest BCUT2D eigenvalue weighted by Gasteiger charge is -2.01. The van der Waals surface area contributed by atoms with Crippen molar-refractivity contribution < 1.29 is 9.90 Å². The van der Waals surface area contributed by atoms with E-state index in [2.05, 4.69) is 0 Å². The van der Waals surface area contributed by atoms with Crippen molar-refractivity contribution in [2.24, 2.45) is 5.73 Å². The Balaban J connectivity index is 2.54. The van der Waals surface area contributed by atoms with Crippen molar-refractivity contribution in [3.05, 3.63) is 35.4 Å². The van der Waals surface area contributed by atoms with Crippen LogP contribution in [0.25, 0.3) is 0 Å². The van der Waals surface area contributed by atoms with Crippen LogP contribution in [-0.2, 0) is 17.6 Å². The molecule has 3 heteroatoms. The van der Waals surface area contributed by atoms with Crippen molar-refractivity contribution in [3.8, 4) is 0 Å². The van der Waals surface area contributed by atoms with Gasteiger partial charge in [-0.2, -0.15) is 0 Å². The van der Waals surface area contributed by atoms with Crippen LogP contribution in [0.15, 0.2) is 24.3 Å². The van der Waals surface area contributed by atoms with E-state index >= 15 is 0 Å². The molecule has 1 rings (SSSR count). The van der Waals surface area contributed by atoms with Gasteiger partial charge in [-0.25, -0.2) is 0 Å². The molecule has 0 amide bonds. The fourth-order valence-corrected chi connectivity index (χ4v) is 1.30. The highest BCUT2D eigenvalue weighted by Crippen LogP contribution is 2.07. The van der Waals surface area contributed by atoms with Gasteiger partial charge in [0.1, 0.15) is 0 Å². The van der Waals surface area contributed by atoms with Gasteiger partial charge in [0.15, 0.2) is 0 Å². The summed E-state index contributed by atoms with van der Waals surface area (Å²) in [6.07, 6.45) is 2.03. The van der Waals surface area contributed by atoms with Crippen molar-refractivity contribution in [2.45, 2.75) is 19.3 Å². The Morgan fingerprint density at radius 2 is 1.79 bits per heavy atom. The zero-order valence-electron chi connectivity index (χ0n) is 8.07. The molecule has 0 saturated carbocycles. The molecular weight excluding hydrogens is 178 g/mol. The third-order valence-electron chi connectivity index (χ3n) is 2.05. The standard InChI is InChI=1S/C11H15NO2/c12-7-1-2-9-3-5-10(6-4-9)8-11(13)14/h3-6H,1-2,7-8,12H2,(H,13,14). The van der Waals surface area contributed by atoms with E-state index < -0.39 is 5.97 Å². The van der Waals surface area contributed by atoms with Crippen molar-refractivity contribution >= 4 is 5.97 Å². The Morgan fingerprint density at radius 1 is 1.21 bits per heavy atom. The number of aliphatic carboxylic acids is 1. The number of hydrogen-bond acceptors (Lipinski definition) is 2. The molecule has 0 unspecified atom stereocenters. The molecular formula is C11H15NO2. The summed E-state index contributed by atoms with van der Waals surface area (Å²) in [5.41, 5.74) is 7.45. The van der Waals surface area contributed by atoms with Gasteiger partial charge in [-0.05, 0) is 30.5 Å². The van der Waals surface area contributed by atoms with E-state index in [1.807, 2.05) is 24.3 Å². The van der Waals surface area contributed by atoms with Crippen LogP contribution < -0.4 is 5.73 Å². The molecule has 0 aliphatic carbocycles. The van der Waals surface area contributed by atoms with Crippen molar-refractivity contribution in [3.63, 3.8) is 0 Å². The van der Waals surface area contributed by atoms with E-state index in [0.717, 1.165) is 18.4 Å². The molecule has 0 aliphatic heterocycles. The van der Waals surface area contributed by atoms with Crippen LogP contribution in [0.1, 0.15) is 17.5 Å². The number of carboxylic acids is 1. The second-order valence-electron chi connectivity index (χ2n) is 3.28. The van der Waals surface area contributed by atoms with Gasteiger partial charge < -0.3 is 10.8 Å². The molecule has 0 aromatic heterocycles. The van der Waals surface area contributed by atoms with E-state index in [1.165, 1.54) is 5.56 Å². The normalized spacial score (nSPS) is 10.1. The molecule has 0 atom stereocenters. The van der Waals surface area contributed by atoms with Gasteiger partial charge in [-0.15, -0.1) is 0 Å². The van der Waals surface area contributed by atoms with Crippen LogP contribution in [0.2, 0.25) is 0 Å². The molecule has 0 radical (unpaired) electrons. The van der Waals surface area contributed by atoms with Gasteiger partial charge in [-0.3, -0.25) is 4.79 Å². The molecule has 0 heterocycles. The van der Waals surface area contributed by atoms with Crippen LogP contribution >= 0.6 is 0 Å². The zero-order chi connectivity index (χ0) is 10.4. The van der Waals surface area contributed by atoms with Gasteiger partial charge in [0.25, 0.3) is 0 Å². The number of nitrogens with two attached hydrogens (primary N) is 1. The molecule has 3 nitrogen and oxygen atoms in total. The molecule has 0 spiro atoms. The summed E-state index contributed by atoms with van der Waals surface area (Å²) in [6.45, 7) is 0.691. The molecule has 14 heavy (non-hydrogen) atoms. The number of aryl methyl sites for hydroxylation is 1. The van der Waals surface area contributed by atoms with Crippen molar-refractivity contribution in [2.75, 3.05) is 6.54 Å². The largest absolute Gasteiger partial charge is 0.481 e. The number of rotatable bonds is 5. The first-order chi connectivity index (χ1) is 6.72. The van der Waals surface area contributed by atoms with Crippen LogP contribution in [0.3, 0.4) is 0 Å². The lowest BCUT2D eigenvalue weighted by molar-refractivity contribution is -0.136. The minimum absolute atomic E-state index is 0.0944. The fraction of sp³-hybridized carbons (Fsp3) is 0.364. The summed E-state index contributed by atoms with van der Waals surface area (Å²) in [6, 6.07) is 7.65. The number of benzene rings is 1. The average Bonchev–Trinajstić information content (AvgIpc) is 2.16. The molecule has 1 aromatic carbocycles. The highest BCUT2D eigenvalue weighted by atomic mass is 16.4. The third kappa shape index (κ3) is 3.58. The molecule has 0 fully saturated rings. The second-order valence-corrected chi connectivity index (χ2v) is 3.28. The molecule has 3 N–H and O–H groups in total. The molecule has 0 aliphatic rings. The number of carbonyl (C=O) groups is 1. The fourth-order valence-electron chi connectivity index (χ4n) is 1.30. The molecule has 1 aromatic rings. The monoisotopic (exact) mass is 193 g/mol. The van der Waals surface area contributed by atoms with E-state index in [4.69, 9.17) is 10.8 Å². The maximum absolute atomic E-state index is 10.4. The Bertz CT molecular complexity index is 293. The van der Waals surface area contributed by atoms with E-state index in [0.29, 0.717) is 6.54 Å². The van der Waals surface area contributed by atoms with Crippen molar-refractivity contribution in [1.82, 2.24) is 0 Å². The zero-order valence-corrected chi connectivity index (χ0v) is 8.07. The number of carboxylic acid groups (broad SMARTS) is 1. The summed E-state index contributed by atoms with van der Waals surface area (Å²) >= 11 is 0. The lowest BCUT2D eigenvalue weighted by atomic mass is 10.1. The average molecular weight is 193 g/mol. The van der Waals surface area contributed by atoms with E-state index in [-0.39, 0.29) is 6.42 Å². The summed E-state index contributed by atoms with van der Waals surface area (Å²) in [5, 5.41) is 8.56. The summed E-state index contributed by atoms with van der Waals surface area (Å²) in [4.78, 5) is 10.4. The first-order valence-corrected chi connectivity index (χ1v) is 4.72. The van der Waals surface area contributed by atoms with Gasteiger partial charge >= 0.3 is 5.97 Å². The van der Waals surface area contributed by atoms with Gasteiger partial charge in [0.2, 0.25) is 0 Å². The van der Waals surface area contributed by atoms with Crippen LogP contribution in [0, 0.1) is 0 Å². The maximum atomic E-state index is 10.4. The third-order valence-corrected chi connectivity index (χ3v) is 2.05. The topological polar surface area (TPSA) is 63.3 Å². The summed E-state index contributed by atoms with van der Waals surface area (Å²) in [7, 11) is 0. The van der Waals surface area contributed by atoms with Crippen LogP contribution in [-0.4, -0.2) is 17.6 Å². The van der Waals surface area contributed by atoms with Gasteiger partial charge in [-0.1, -0.05) is 24.3 Å². The SMILES string of the molecule is NCCCc1ccc(CC(=O)O)cc1. The minimum atomic E-state index is -0.792.